The van der Waals surface area contributed by atoms with Crippen molar-refractivity contribution in [2.24, 2.45) is 0 Å². The number of pyridine rings is 1. The van der Waals surface area contributed by atoms with E-state index in [0.29, 0.717) is 13.2 Å². The van der Waals surface area contributed by atoms with Gasteiger partial charge in [-0.05, 0) is 32.8 Å². The highest BCUT2D eigenvalue weighted by Crippen LogP contribution is 2.35. The molecule has 2 aromatic rings. The van der Waals surface area contributed by atoms with Gasteiger partial charge >= 0.3 is 0 Å². The summed E-state index contributed by atoms with van der Waals surface area (Å²) in [5, 5.41) is 4.69. The number of aromatic nitrogens is 3. The molecule has 2 aliphatic rings. The normalized spacial score (nSPS) is 23.6. The van der Waals surface area contributed by atoms with Crippen LogP contribution in [0, 0.1) is 0 Å². The Morgan fingerprint density at radius 2 is 2.19 bits per heavy atom. The number of nitrogens with zero attached hydrogens (tertiary/aromatic N) is 4. The van der Waals surface area contributed by atoms with Gasteiger partial charge in [0.05, 0.1) is 24.9 Å². The highest BCUT2D eigenvalue weighted by Gasteiger charge is 2.29. The predicted molar refractivity (Wildman–Crippen MR) is 102 cm³/mol. The predicted octanol–water partition coefficient (Wildman–Crippen LogP) is 2.16. The van der Waals surface area contributed by atoms with E-state index in [0.717, 1.165) is 49.7 Å². The second-order valence-corrected chi connectivity index (χ2v) is 7.15. The molecule has 4 heterocycles. The van der Waals surface area contributed by atoms with Crippen LogP contribution in [0.15, 0.2) is 29.2 Å². The molecule has 0 bridgehead atoms. The van der Waals surface area contributed by atoms with Gasteiger partial charge in [0, 0.05) is 49.7 Å². The minimum Gasteiger partial charge on any atom is -0.377 e. The topological polar surface area (TPSA) is 66.4 Å². The van der Waals surface area contributed by atoms with Crippen LogP contribution in [-0.2, 0) is 11.3 Å². The minimum absolute atomic E-state index is 0.0547. The summed E-state index contributed by atoms with van der Waals surface area (Å²) in [6.45, 7) is 8.24. The standard InChI is InChI=1S/C19H27N5O2/c1-3-22-8-6-16(21-22)17-5-4-7-24(17)18-11-15(12-19(25)20-18)23-9-10-26-13-14(23)2/h6,8,11-12,14,17H,3-5,7,9-10,13H2,1-2H3,(H,20,25). The number of nitrogens with one attached hydrogen (secondary N) is 1. The molecule has 2 unspecified atom stereocenters. The SMILES string of the molecule is CCn1ccc(C2CCCN2c2cc(N3CCOCC3C)cc(=O)[nH]2)n1. The number of hydrogen-bond donors (Lipinski definition) is 1. The van der Waals surface area contributed by atoms with Crippen molar-refractivity contribution in [3.8, 4) is 0 Å². The number of hydrogen-bond acceptors (Lipinski definition) is 5. The third-order valence-electron chi connectivity index (χ3n) is 5.40. The molecular weight excluding hydrogens is 330 g/mol. The third kappa shape index (κ3) is 3.23. The van der Waals surface area contributed by atoms with E-state index in [1.807, 2.05) is 10.9 Å². The van der Waals surface area contributed by atoms with Crippen LogP contribution in [0.5, 0.6) is 0 Å². The van der Waals surface area contributed by atoms with Crippen molar-refractivity contribution in [3.05, 3.63) is 40.4 Å². The van der Waals surface area contributed by atoms with Crippen LogP contribution in [0.2, 0.25) is 0 Å². The lowest BCUT2D eigenvalue weighted by molar-refractivity contribution is 0.0989. The van der Waals surface area contributed by atoms with Gasteiger partial charge in [-0.2, -0.15) is 5.10 Å². The molecule has 0 saturated carbocycles. The molecular formula is C19H27N5O2. The van der Waals surface area contributed by atoms with E-state index >= 15 is 0 Å². The summed E-state index contributed by atoms with van der Waals surface area (Å²) >= 11 is 0. The van der Waals surface area contributed by atoms with E-state index in [1.165, 1.54) is 0 Å². The Morgan fingerprint density at radius 1 is 1.31 bits per heavy atom. The van der Waals surface area contributed by atoms with Crippen LogP contribution in [-0.4, -0.2) is 47.1 Å². The first-order valence-electron chi connectivity index (χ1n) is 9.54. The summed E-state index contributed by atoms with van der Waals surface area (Å²) in [6, 6.07) is 6.39. The van der Waals surface area contributed by atoms with Gasteiger partial charge in [0.25, 0.3) is 5.56 Å². The van der Waals surface area contributed by atoms with Crippen LogP contribution in [0.1, 0.15) is 38.4 Å². The number of anilines is 2. The van der Waals surface area contributed by atoms with E-state index in [2.05, 4.69) is 45.9 Å². The molecule has 7 nitrogen and oxygen atoms in total. The second kappa shape index (κ2) is 7.15. The van der Waals surface area contributed by atoms with Gasteiger partial charge in [-0.15, -0.1) is 0 Å². The maximum Gasteiger partial charge on any atom is 0.251 e. The first-order valence-corrected chi connectivity index (χ1v) is 9.54. The Balaban J connectivity index is 1.65. The highest BCUT2D eigenvalue weighted by atomic mass is 16.5. The van der Waals surface area contributed by atoms with Gasteiger partial charge in [-0.1, -0.05) is 0 Å². The highest BCUT2D eigenvalue weighted by molar-refractivity contribution is 5.57. The zero-order valence-electron chi connectivity index (χ0n) is 15.5. The number of rotatable bonds is 4. The molecule has 4 rings (SSSR count). The molecule has 0 aliphatic carbocycles. The molecule has 1 N–H and O–H groups in total. The molecule has 2 aliphatic heterocycles. The number of morpholine rings is 1. The summed E-state index contributed by atoms with van der Waals surface area (Å²) in [4.78, 5) is 19.9. The Morgan fingerprint density at radius 3 is 2.96 bits per heavy atom. The summed E-state index contributed by atoms with van der Waals surface area (Å²) < 4.78 is 7.49. The van der Waals surface area contributed by atoms with Gasteiger partial charge < -0.3 is 19.5 Å². The van der Waals surface area contributed by atoms with Crippen LogP contribution in [0.3, 0.4) is 0 Å². The monoisotopic (exact) mass is 357 g/mol. The van der Waals surface area contributed by atoms with Crippen molar-refractivity contribution < 1.29 is 4.74 Å². The molecule has 7 heteroatoms. The number of aryl methyl sites for hydroxylation is 1. The van der Waals surface area contributed by atoms with Crippen molar-refractivity contribution in [2.45, 2.75) is 45.3 Å². The third-order valence-corrected chi connectivity index (χ3v) is 5.40. The first-order chi connectivity index (χ1) is 12.7. The lowest BCUT2D eigenvalue weighted by Gasteiger charge is -2.35. The Labute approximate surface area is 153 Å². The summed E-state index contributed by atoms with van der Waals surface area (Å²) in [5.41, 5.74) is 2.00. The van der Waals surface area contributed by atoms with Crippen LogP contribution >= 0.6 is 0 Å². The Hall–Kier alpha value is -2.28. The van der Waals surface area contributed by atoms with Crippen molar-refractivity contribution in [1.29, 1.82) is 0 Å². The Kier molecular flexibility index (Phi) is 4.72. The van der Waals surface area contributed by atoms with E-state index in [-0.39, 0.29) is 17.6 Å². The van der Waals surface area contributed by atoms with Crippen molar-refractivity contribution in [3.63, 3.8) is 0 Å². The van der Waals surface area contributed by atoms with Gasteiger partial charge in [0.15, 0.2) is 0 Å². The molecule has 140 valence electrons. The lowest BCUT2D eigenvalue weighted by atomic mass is 10.1. The molecule has 2 saturated heterocycles. The maximum absolute atomic E-state index is 12.4. The molecule has 26 heavy (non-hydrogen) atoms. The average Bonchev–Trinajstić information content (AvgIpc) is 3.30. The van der Waals surface area contributed by atoms with E-state index in [4.69, 9.17) is 4.74 Å². The molecule has 0 spiro atoms. The summed E-state index contributed by atoms with van der Waals surface area (Å²) in [5.74, 6) is 0.889. The quantitative estimate of drug-likeness (QED) is 0.908. The van der Waals surface area contributed by atoms with E-state index in [9.17, 15) is 4.79 Å². The second-order valence-electron chi connectivity index (χ2n) is 7.15. The smallest absolute Gasteiger partial charge is 0.251 e. The molecule has 0 aromatic carbocycles. The van der Waals surface area contributed by atoms with Gasteiger partial charge in [-0.3, -0.25) is 9.48 Å². The first kappa shape index (κ1) is 17.1. The molecule has 0 amide bonds. The zero-order chi connectivity index (χ0) is 18.1. The van der Waals surface area contributed by atoms with Gasteiger partial charge in [0.2, 0.25) is 0 Å². The van der Waals surface area contributed by atoms with Crippen molar-refractivity contribution in [1.82, 2.24) is 14.8 Å². The van der Waals surface area contributed by atoms with Gasteiger partial charge in [-0.25, -0.2) is 0 Å². The fourth-order valence-corrected chi connectivity index (χ4v) is 4.04. The van der Waals surface area contributed by atoms with Crippen LogP contribution < -0.4 is 15.4 Å². The fraction of sp³-hybridized carbons (Fsp3) is 0.579. The molecule has 2 fully saturated rings. The fourth-order valence-electron chi connectivity index (χ4n) is 4.04. The number of ether oxygens (including phenoxy) is 1. The lowest BCUT2D eigenvalue weighted by Crippen LogP contribution is -2.44. The van der Waals surface area contributed by atoms with Gasteiger partial charge in [0.1, 0.15) is 5.82 Å². The maximum atomic E-state index is 12.4. The van der Waals surface area contributed by atoms with Crippen LogP contribution in [0.4, 0.5) is 11.5 Å². The average molecular weight is 357 g/mol. The zero-order valence-corrected chi connectivity index (χ0v) is 15.5. The Bertz CT molecular complexity index is 814. The molecule has 2 atom stereocenters. The number of H-pyrrole nitrogens is 1. The number of aromatic amines is 1. The van der Waals surface area contributed by atoms with Crippen LogP contribution in [0.25, 0.3) is 0 Å². The largest absolute Gasteiger partial charge is 0.377 e. The molecule has 0 radical (unpaired) electrons. The minimum atomic E-state index is -0.0547. The summed E-state index contributed by atoms with van der Waals surface area (Å²) in [6.07, 6.45) is 4.19. The van der Waals surface area contributed by atoms with E-state index < -0.39 is 0 Å². The summed E-state index contributed by atoms with van der Waals surface area (Å²) in [7, 11) is 0. The van der Waals surface area contributed by atoms with Crippen molar-refractivity contribution in [2.75, 3.05) is 36.1 Å². The van der Waals surface area contributed by atoms with E-state index in [1.54, 1.807) is 6.07 Å². The molecule has 2 aromatic heterocycles. The van der Waals surface area contributed by atoms with Crippen molar-refractivity contribution >= 4 is 11.5 Å².